The van der Waals surface area contributed by atoms with Crippen LogP contribution in [0.5, 0.6) is 0 Å². The second-order valence-electron chi connectivity index (χ2n) is 3.49. The average Bonchev–Trinajstić information content (AvgIpc) is 2.70. The van der Waals surface area contributed by atoms with E-state index in [2.05, 4.69) is 10.6 Å². The van der Waals surface area contributed by atoms with Gasteiger partial charge in [-0.25, -0.2) is 0 Å². The first-order valence-corrected chi connectivity index (χ1v) is 5.40. The van der Waals surface area contributed by atoms with Crippen LogP contribution in [0.1, 0.15) is 26.2 Å². The van der Waals surface area contributed by atoms with E-state index in [0.29, 0.717) is 13.2 Å². The van der Waals surface area contributed by atoms with Gasteiger partial charge in [-0.1, -0.05) is 0 Å². The molecule has 1 atom stereocenters. The number of carbonyl (C=O) groups is 2. The van der Waals surface area contributed by atoms with Crippen molar-refractivity contribution in [2.45, 2.75) is 32.2 Å². The standard InChI is InChI=1S/C10H18N2O3/c1-2-15-9(13)5-7-12-10(14)8-4-3-6-11-8/h8,11H,2-7H2,1H3,(H,12,14). The van der Waals surface area contributed by atoms with Gasteiger partial charge in [0.2, 0.25) is 5.91 Å². The molecule has 0 aromatic carbocycles. The lowest BCUT2D eigenvalue weighted by molar-refractivity contribution is -0.143. The van der Waals surface area contributed by atoms with Crippen molar-refractivity contribution in [1.82, 2.24) is 10.6 Å². The maximum absolute atomic E-state index is 11.5. The van der Waals surface area contributed by atoms with Crippen LogP contribution >= 0.6 is 0 Å². The average molecular weight is 214 g/mol. The first-order valence-electron chi connectivity index (χ1n) is 5.40. The predicted octanol–water partition coefficient (Wildman–Crippen LogP) is -0.192. The van der Waals surface area contributed by atoms with Crippen LogP contribution in [-0.2, 0) is 14.3 Å². The highest BCUT2D eigenvalue weighted by Crippen LogP contribution is 2.04. The molecule has 15 heavy (non-hydrogen) atoms. The smallest absolute Gasteiger partial charge is 0.307 e. The van der Waals surface area contributed by atoms with Crippen LogP contribution < -0.4 is 10.6 Å². The van der Waals surface area contributed by atoms with Crippen molar-refractivity contribution in [3.63, 3.8) is 0 Å². The minimum Gasteiger partial charge on any atom is -0.466 e. The quantitative estimate of drug-likeness (QED) is 0.622. The van der Waals surface area contributed by atoms with Gasteiger partial charge in [-0.2, -0.15) is 0 Å². The maximum atomic E-state index is 11.5. The third kappa shape index (κ3) is 4.29. The summed E-state index contributed by atoms with van der Waals surface area (Å²) in [6.07, 6.45) is 2.16. The summed E-state index contributed by atoms with van der Waals surface area (Å²) < 4.78 is 4.74. The Morgan fingerprint density at radius 3 is 2.93 bits per heavy atom. The third-order valence-electron chi connectivity index (χ3n) is 2.31. The molecular formula is C10H18N2O3. The first-order chi connectivity index (χ1) is 7.24. The fraction of sp³-hybridized carbons (Fsp3) is 0.800. The number of carbonyl (C=O) groups excluding carboxylic acids is 2. The number of nitrogens with one attached hydrogen (secondary N) is 2. The minimum absolute atomic E-state index is 0.0169. The Morgan fingerprint density at radius 2 is 2.33 bits per heavy atom. The normalized spacial score (nSPS) is 19.9. The molecule has 1 aliphatic rings. The number of amides is 1. The van der Waals surface area contributed by atoms with Gasteiger partial charge in [-0.05, 0) is 26.3 Å². The van der Waals surface area contributed by atoms with Crippen molar-refractivity contribution in [2.24, 2.45) is 0 Å². The molecule has 1 unspecified atom stereocenters. The van der Waals surface area contributed by atoms with Gasteiger partial charge in [0, 0.05) is 6.54 Å². The molecule has 5 nitrogen and oxygen atoms in total. The van der Waals surface area contributed by atoms with Crippen LogP contribution in [0.25, 0.3) is 0 Å². The second kappa shape index (κ2) is 6.40. The van der Waals surface area contributed by atoms with Gasteiger partial charge in [0.25, 0.3) is 0 Å². The minimum atomic E-state index is -0.266. The van der Waals surface area contributed by atoms with Gasteiger partial charge in [-0.15, -0.1) is 0 Å². The van der Waals surface area contributed by atoms with E-state index in [1.165, 1.54) is 0 Å². The Hall–Kier alpha value is -1.10. The van der Waals surface area contributed by atoms with Gasteiger partial charge in [0.1, 0.15) is 0 Å². The van der Waals surface area contributed by atoms with Crippen molar-refractivity contribution in [3.05, 3.63) is 0 Å². The van der Waals surface area contributed by atoms with E-state index in [-0.39, 0.29) is 24.3 Å². The van der Waals surface area contributed by atoms with Gasteiger partial charge in [0.15, 0.2) is 0 Å². The van der Waals surface area contributed by atoms with E-state index in [1.54, 1.807) is 6.92 Å². The molecule has 86 valence electrons. The molecule has 0 bridgehead atoms. The summed E-state index contributed by atoms with van der Waals surface area (Å²) in [5.74, 6) is -0.283. The van der Waals surface area contributed by atoms with Crippen molar-refractivity contribution < 1.29 is 14.3 Å². The predicted molar refractivity (Wildman–Crippen MR) is 55.3 cm³/mol. The lowest BCUT2D eigenvalue weighted by atomic mass is 10.2. The Morgan fingerprint density at radius 1 is 1.53 bits per heavy atom. The molecule has 5 heteroatoms. The summed E-state index contributed by atoms with van der Waals surface area (Å²) in [6, 6.07) is -0.0767. The Kier molecular flexibility index (Phi) is 5.10. The molecule has 1 saturated heterocycles. The lowest BCUT2D eigenvalue weighted by Gasteiger charge is -2.10. The Bertz CT molecular complexity index is 225. The summed E-state index contributed by atoms with van der Waals surface area (Å²) in [4.78, 5) is 22.4. The van der Waals surface area contributed by atoms with E-state index >= 15 is 0 Å². The van der Waals surface area contributed by atoms with Gasteiger partial charge < -0.3 is 15.4 Å². The van der Waals surface area contributed by atoms with Gasteiger partial charge in [0.05, 0.1) is 19.1 Å². The Balaban J connectivity index is 2.08. The van der Waals surface area contributed by atoms with E-state index in [1.807, 2.05) is 0 Å². The molecule has 1 rings (SSSR count). The molecule has 0 radical (unpaired) electrons. The molecule has 0 aromatic heterocycles. The van der Waals surface area contributed by atoms with Gasteiger partial charge >= 0.3 is 5.97 Å². The Labute approximate surface area is 89.6 Å². The number of hydrogen-bond donors (Lipinski definition) is 2. The van der Waals surface area contributed by atoms with E-state index < -0.39 is 0 Å². The summed E-state index contributed by atoms with van der Waals surface area (Å²) in [5.41, 5.74) is 0. The number of ether oxygens (including phenoxy) is 1. The molecule has 1 amide bonds. The van der Waals surface area contributed by atoms with Crippen LogP contribution in [0.4, 0.5) is 0 Å². The SMILES string of the molecule is CCOC(=O)CCNC(=O)C1CCCN1. The van der Waals surface area contributed by atoms with E-state index in [4.69, 9.17) is 4.74 Å². The third-order valence-corrected chi connectivity index (χ3v) is 2.31. The second-order valence-corrected chi connectivity index (χ2v) is 3.49. The molecule has 0 aliphatic carbocycles. The molecule has 0 saturated carbocycles. The summed E-state index contributed by atoms with van der Waals surface area (Å²) in [7, 11) is 0. The van der Waals surface area contributed by atoms with Crippen LogP contribution in [-0.4, -0.2) is 37.6 Å². The highest BCUT2D eigenvalue weighted by molar-refractivity contribution is 5.82. The van der Waals surface area contributed by atoms with Crippen LogP contribution in [0, 0.1) is 0 Å². The van der Waals surface area contributed by atoms with Crippen molar-refractivity contribution in [3.8, 4) is 0 Å². The van der Waals surface area contributed by atoms with Crippen LogP contribution in [0.15, 0.2) is 0 Å². The fourth-order valence-corrected chi connectivity index (χ4v) is 1.55. The summed E-state index contributed by atoms with van der Waals surface area (Å²) >= 11 is 0. The zero-order chi connectivity index (χ0) is 11.1. The van der Waals surface area contributed by atoms with Crippen LogP contribution in [0.2, 0.25) is 0 Å². The first kappa shape index (κ1) is 12.0. The topological polar surface area (TPSA) is 67.4 Å². The molecular weight excluding hydrogens is 196 g/mol. The molecule has 0 aromatic rings. The number of esters is 1. The highest BCUT2D eigenvalue weighted by atomic mass is 16.5. The largest absolute Gasteiger partial charge is 0.466 e. The zero-order valence-corrected chi connectivity index (χ0v) is 9.04. The summed E-state index contributed by atoms with van der Waals surface area (Å²) in [6.45, 7) is 3.40. The lowest BCUT2D eigenvalue weighted by Crippen LogP contribution is -2.41. The molecule has 1 fully saturated rings. The highest BCUT2D eigenvalue weighted by Gasteiger charge is 2.21. The monoisotopic (exact) mass is 214 g/mol. The number of hydrogen-bond acceptors (Lipinski definition) is 4. The van der Waals surface area contributed by atoms with Crippen molar-refractivity contribution in [1.29, 1.82) is 0 Å². The van der Waals surface area contributed by atoms with Gasteiger partial charge in [-0.3, -0.25) is 9.59 Å². The van der Waals surface area contributed by atoms with Crippen molar-refractivity contribution in [2.75, 3.05) is 19.7 Å². The fourth-order valence-electron chi connectivity index (χ4n) is 1.55. The van der Waals surface area contributed by atoms with E-state index in [9.17, 15) is 9.59 Å². The van der Waals surface area contributed by atoms with E-state index in [0.717, 1.165) is 19.4 Å². The summed E-state index contributed by atoms with van der Waals surface area (Å²) in [5, 5.41) is 5.80. The zero-order valence-electron chi connectivity index (χ0n) is 9.04. The maximum Gasteiger partial charge on any atom is 0.307 e. The molecule has 1 heterocycles. The van der Waals surface area contributed by atoms with Crippen molar-refractivity contribution >= 4 is 11.9 Å². The van der Waals surface area contributed by atoms with Crippen LogP contribution in [0.3, 0.4) is 0 Å². The molecule has 1 aliphatic heterocycles. The number of rotatable bonds is 5. The molecule has 0 spiro atoms. The molecule has 2 N–H and O–H groups in total.